The highest BCUT2D eigenvalue weighted by Crippen LogP contribution is 2.34. The molecule has 116 valence electrons. The topological polar surface area (TPSA) is 37.7 Å². The molecule has 0 amide bonds. The lowest BCUT2D eigenvalue weighted by Gasteiger charge is -2.31. The Labute approximate surface area is 105 Å². The molecule has 0 bridgehead atoms. The van der Waals surface area contributed by atoms with Gasteiger partial charge in [-0.25, -0.2) is 0 Å². The summed E-state index contributed by atoms with van der Waals surface area (Å²) >= 11 is 0. The third-order valence-corrected chi connectivity index (χ3v) is 2.44. The number of halogens is 8. The Morgan fingerprint density at radius 1 is 0.800 bits per heavy atom. The van der Waals surface area contributed by atoms with E-state index in [2.05, 4.69) is 10.2 Å². The summed E-state index contributed by atoms with van der Waals surface area (Å²) in [5.41, 5.74) is -3.37. The summed E-state index contributed by atoms with van der Waals surface area (Å²) in [6.45, 7) is -1.55. The maximum absolute atomic E-state index is 12.5. The van der Waals surface area contributed by atoms with E-state index in [0.29, 0.717) is 6.08 Å². The predicted molar refractivity (Wildman–Crippen MR) is 45.2 cm³/mol. The maximum Gasteiger partial charge on any atom is 0.306 e. The van der Waals surface area contributed by atoms with Crippen LogP contribution in [0.2, 0.25) is 0 Å². The summed E-state index contributed by atoms with van der Waals surface area (Å²) < 4.78 is 99.8. The molecule has 6 nitrogen and oxygen atoms in total. The first-order chi connectivity index (χ1) is 9.19. The first-order valence-corrected chi connectivity index (χ1v) is 4.72. The lowest BCUT2D eigenvalue weighted by Crippen LogP contribution is -2.52. The zero-order valence-corrected chi connectivity index (χ0v) is 9.28. The van der Waals surface area contributed by atoms with Crippen molar-refractivity contribution in [3.8, 4) is 0 Å². The smallest absolute Gasteiger partial charge is 0.186 e. The van der Waals surface area contributed by atoms with Gasteiger partial charge in [0.15, 0.2) is 0 Å². The SMILES string of the molecule is FN(F)C1(N(F)F)/C=C\CC(N(F)F)(N(F)F)/N=N\C1. The van der Waals surface area contributed by atoms with E-state index in [0.717, 1.165) is 0 Å². The second kappa shape index (κ2) is 5.94. The molecule has 0 unspecified atom stereocenters. The van der Waals surface area contributed by atoms with Crippen molar-refractivity contribution in [3.05, 3.63) is 12.2 Å². The summed E-state index contributed by atoms with van der Waals surface area (Å²) in [6.07, 6.45) is -0.984. The van der Waals surface area contributed by atoms with Crippen LogP contribution in [0.3, 0.4) is 0 Å². The minimum atomic E-state index is -3.56. The number of nitrogens with zero attached hydrogens (tertiary/aromatic N) is 6. The molecule has 0 saturated carbocycles. The van der Waals surface area contributed by atoms with Crippen molar-refractivity contribution in [2.45, 2.75) is 17.9 Å². The van der Waals surface area contributed by atoms with Crippen molar-refractivity contribution in [3.63, 3.8) is 0 Å². The van der Waals surface area contributed by atoms with E-state index in [-0.39, 0.29) is 6.08 Å². The standard InChI is InChI=1S/C6H6F8N6/c7-17(8)5(18(9)10)2-1-3-6(19(11)12,20(13)14)16-15-4-5/h1-2H,3-4H2/b2-1-,16-15-. The van der Waals surface area contributed by atoms with Gasteiger partial charge in [-0.3, -0.25) is 0 Å². The van der Waals surface area contributed by atoms with Crippen LogP contribution < -0.4 is 0 Å². The summed E-state index contributed by atoms with van der Waals surface area (Å²) in [6, 6.07) is 0. The van der Waals surface area contributed by atoms with Crippen LogP contribution in [0.5, 0.6) is 0 Å². The first-order valence-electron chi connectivity index (χ1n) is 4.72. The molecule has 0 aromatic rings. The molecule has 0 fully saturated rings. The van der Waals surface area contributed by atoms with Gasteiger partial charge in [-0.2, -0.15) is 5.11 Å². The van der Waals surface area contributed by atoms with Gasteiger partial charge in [0.05, 0.1) is 21.4 Å². The van der Waals surface area contributed by atoms with Gasteiger partial charge in [0.2, 0.25) is 5.66 Å². The van der Waals surface area contributed by atoms with Gasteiger partial charge >= 0.3 is 5.79 Å². The van der Waals surface area contributed by atoms with Crippen molar-refractivity contribution >= 4 is 0 Å². The van der Waals surface area contributed by atoms with Gasteiger partial charge in [0.25, 0.3) is 0 Å². The second-order valence-corrected chi connectivity index (χ2v) is 3.59. The monoisotopic (exact) mass is 314 g/mol. The van der Waals surface area contributed by atoms with E-state index >= 15 is 0 Å². The zero-order chi connectivity index (χ0) is 15.6. The maximum atomic E-state index is 12.5. The largest absolute Gasteiger partial charge is 0.306 e. The van der Waals surface area contributed by atoms with Crippen LogP contribution in [0, 0.1) is 0 Å². The Balaban J connectivity index is 3.14. The van der Waals surface area contributed by atoms with Crippen LogP contribution in [-0.4, -0.2) is 39.4 Å². The molecule has 1 aliphatic rings. The van der Waals surface area contributed by atoms with Crippen LogP contribution in [0.1, 0.15) is 6.42 Å². The first kappa shape index (κ1) is 16.7. The third kappa shape index (κ3) is 2.72. The number of hydrogen-bond acceptors (Lipinski definition) is 6. The lowest BCUT2D eigenvalue weighted by atomic mass is 10.1. The molecule has 1 aliphatic heterocycles. The number of hydrogen-bond donors (Lipinski definition) is 0. The van der Waals surface area contributed by atoms with Crippen molar-refractivity contribution in [2.24, 2.45) is 10.2 Å². The Morgan fingerprint density at radius 3 is 1.70 bits per heavy atom. The average Bonchev–Trinajstić information content (AvgIpc) is 2.27. The van der Waals surface area contributed by atoms with Crippen LogP contribution in [0.4, 0.5) is 35.9 Å². The van der Waals surface area contributed by atoms with Crippen molar-refractivity contribution in [1.29, 1.82) is 0 Å². The highest BCUT2D eigenvalue weighted by molar-refractivity contribution is 5.06. The third-order valence-electron chi connectivity index (χ3n) is 2.44. The molecule has 1 rings (SSSR count). The van der Waals surface area contributed by atoms with E-state index in [4.69, 9.17) is 0 Å². The van der Waals surface area contributed by atoms with E-state index < -0.39 is 45.8 Å². The Hall–Kier alpha value is -1.38. The highest BCUT2D eigenvalue weighted by Gasteiger charge is 2.51. The van der Waals surface area contributed by atoms with Gasteiger partial charge in [-0.1, -0.05) is 41.9 Å². The van der Waals surface area contributed by atoms with E-state index in [1.165, 1.54) is 0 Å². The van der Waals surface area contributed by atoms with E-state index in [1.54, 1.807) is 0 Å². The molecule has 0 aliphatic carbocycles. The van der Waals surface area contributed by atoms with Gasteiger partial charge in [-0.05, 0) is 6.08 Å². The molecule has 0 N–H and O–H groups in total. The molecule has 0 radical (unpaired) electrons. The number of azo groups is 1. The summed E-state index contributed by atoms with van der Waals surface area (Å²) in [5, 5.41) is -2.83. The van der Waals surface area contributed by atoms with Crippen LogP contribution in [0.15, 0.2) is 22.4 Å². The molecule has 0 atom stereocenters. The van der Waals surface area contributed by atoms with Crippen LogP contribution in [0.25, 0.3) is 0 Å². The second-order valence-electron chi connectivity index (χ2n) is 3.59. The zero-order valence-electron chi connectivity index (χ0n) is 9.28. The van der Waals surface area contributed by atoms with Crippen LogP contribution >= 0.6 is 0 Å². The minimum absolute atomic E-state index is 0.0763. The average molecular weight is 314 g/mol. The fraction of sp³-hybridized carbons (Fsp3) is 0.667. The molecule has 20 heavy (non-hydrogen) atoms. The molecular weight excluding hydrogens is 308 g/mol. The highest BCUT2D eigenvalue weighted by atomic mass is 19.4. The van der Waals surface area contributed by atoms with E-state index in [9.17, 15) is 35.9 Å². The van der Waals surface area contributed by atoms with Crippen molar-refractivity contribution in [2.75, 3.05) is 6.54 Å². The fourth-order valence-corrected chi connectivity index (χ4v) is 1.29. The van der Waals surface area contributed by atoms with Crippen LogP contribution in [-0.2, 0) is 0 Å². The molecule has 0 saturated heterocycles. The van der Waals surface area contributed by atoms with E-state index in [1.807, 2.05) is 0 Å². The Kier molecular flexibility index (Phi) is 4.95. The Morgan fingerprint density at radius 2 is 1.30 bits per heavy atom. The van der Waals surface area contributed by atoms with Crippen molar-refractivity contribution in [1.82, 2.24) is 21.4 Å². The summed E-state index contributed by atoms with van der Waals surface area (Å²) in [7, 11) is 0. The molecule has 0 aromatic carbocycles. The quantitative estimate of drug-likeness (QED) is 0.346. The number of rotatable bonds is 4. The summed E-state index contributed by atoms with van der Waals surface area (Å²) in [5.74, 6) is -3.56. The Bertz CT molecular complexity index is 332. The minimum Gasteiger partial charge on any atom is -0.186 e. The van der Waals surface area contributed by atoms with Gasteiger partial charge in [-0.15, -0.1) is 5.11 Å². The molecular formula is C6H6F8N6. The fourth-order valence-electron chi connectivity index (χ4n) is 1.29. The molecule has 14 heteroatoms. The lowest BCUT2D eigenvalue weighted by molar-refractivity contribution is -0.372. The summed E-state index contributed by atoms with van der Waals surface area (Å²) in [4.78, 5) is 0. The molecule has 1 heterocycles. The van der Waals surface area contributed by atoms with Gasteiger partial charge < -0.3 is 0 Å². The molecule has 0 spiro atoms. The van der Waals surface area contributed by atoms with Gasteiger partial charge in [0.1, 0.15) is 6.54 Å². The predicted octanol–water partition coefficient (Wildman–Crippen LogP) is 3.03. The normalized spacial score (nSPS) is 25.0. The van der Waals surface area contributed by atoms with Gasteiger partial charge in [0, 0.05) is 6.42 Å². The molecule has 0 aromatic heterocycles. The van der Waals surface area contributed by atoms with Crippen molar-refractivity contribution < 1.29 is 35.9 Å².